The van der Waals surface area contributed by atoms with Crippen molar-refractivity contribution < 1.29 is 18.0 Å². The highest BCUT2D eigenvalue weighted by Crippen LogP contribution is 2.25. The first-order valence-corrected chi connectivity index (χ1v) is 15.5. The van der Waals surface area contributed by atoms with Gasteiger partial charge in [0.2, 0.25) is 21.8 Å². The number of halogens is 1. The van der Waals surface area contributed by atoms with Crippen LogP contribution in [0.3, 0.4) is 0 Å². The van der Waals surface area contributed by atoms with Gasteiger partial charge in [0.25, 0.3) is 0 Å². The highest BCUT2D eigenvalue weighted by atomic mass is 35.5. The van der Waals surface area contributed by atoms with Crippen LogP contribution in [0.15, 0.2) is 72.8 Å². The number of amides is 2. The van der Waals surface area contributed by atoms with Crippen molar-refractivity contribution in [2.75, 3.05) is 17.1 Å². The molecule has 0 bridgehead atoms. The highest BCUT2D eigenvalue weighted by molar-refractivity contribution is 7.92. The topological polar surface area (TPSA) is 86.8 Å². The Labute approximate surface area is 243 Å². The minimum Gasteiger partial charge on any atom is -0.352 e. The maximum atomic E-state index is 14.1. The third kappa shape index (κ3) is 8.57. The SMILES string of the molecule is CC[C@H](C)NC(=O)[C@@H](Cc1ccccc1)N(Cc1ccc(Cl)cc1)C(=O)CN(c1ccc(C)cc1C)S(C)(=O)=O. The zero-order chi connectivity index (χ0) is 29.4. The Balaban J connectivity index is 2.07. The molecule has 0 fully saturated rings. The van der Waals surface area contributed by atoms with Crippen LogP contribution in [-0.4, -0.2) is 50.0 Å². The minimum absolute atomic E-state index is 0.0963. The summed E-state index contributed by atoms with van der Waals surface area (Å²) in [5.41, 5.74) is 3.80. The first-order chi connectivity index (χ1) is 18.9. The van der Waals surface area contributed by atoms with Gasteiger partial charge in [-0.15, -0.1) is 0 Å². The number of benzene rings is 3. The Hall–Kier alpha value is -3.36. The van der Waals surface area contributed by atoms with E-state index in [1.807, 2.05) is 70.2 Å². The third-order valence-corrected chi connectivity index (χ3v) is 8.22. The van der Waals surface area contributed by atoms with Gasteiger partial charge in [-0.05, 0) is 62.1 Å². The van der Waals surface area contributed by atoms with E-state index in [2.05, 4.69) is 5.32 Å². The fraction of sp³-hybridized carbons (Fsp3) is 0.355. The van der Waals surface area contributed by atoms with Crippen molar-refractivity contribution in [3.05, 3.63) is 100 Å². The summed E-state index contributed by atoms with van der Waals surface area (Å²) < 4.78 is 27.0. The summed E-state index contributed by atoms with van der Waals surface area (Å²) in [5.74, 6) is -0.779. The first kappa shape index (κ1) is 31.2. The van der Waals surface area contributed by atoms with Gasteiger partial charge >= 0.3 is 0 Å². The van der Waals surface area contributed by atoms with Crippen molar-refractivity contribution in [2.45, 2.75) is 59.2 Å². The van der Waals surface area contributed by atoms with E-state index in [4.69, 9.17) is 11.6 Å². The predicted octanol–water partition coefficient (Wildman–Crippen LogP) is 5.28. The Morgan fingerprint density at radius 1 is 0.950 bits per heavy atom. The van der Waals surface area contributed by atoms with E-state index in [0.29, 0.717) is 10.7 Å². The van der Waals surface area contributed by atoms with Gasteiger partial charge in [0.05, 0.1) is 11.9 Å². The van der Waals surface area contributed by atoms with Crippen LogP contribution < -0.4 is 9.62 Å². The molecule has 214 valence electrons. The number of nitrogens with one attached hydrogen (secondary N) is 1. The molecule has 0 saturated carbocycles. The quantitative estimate of drug-likeness (QED) is 0.314. The molecular weight excluding hydrogens is 546 g/mol. The molecule has 0 aliphatic heterocycles. The van der Waals surface area contributed by atoms with Crippen molar-refractivity contribution in [3.63, 3.8) is 0 Å². The molecule has 0 radical (unpaired) electrons. The zero-order valence-corrected chi connectivity index (χ0v) is 25.3. The van der Waals surface area contributed by atoms with Crippen LogP contribution in [0.1, 0.15) is 42.5 Å². The molecule has 0 heterocycles. The molecule has 9 heteroatoms. The van der Waals surface area contributed by atoms with E-state index in [9.17, 15) is 18.0 Å². The zero-order valence-electron chi connectivity index (χ0n) is 23.7. The molecule has 3 aromatic carbocycles. The molecule has 3 rings (SSSR count). The van der Waals surface area contributed by atoms with Gasteiger partial charge in [0.15, 0.2) is 0 Å². The number of aryl methyl sites for hydroxylation is 2. The average molecular weight is 584 g/mol. The molecule has 0 aromatic heterocycles. The molecule has 2 amide bonds. The predicted molar refractivity (Wildman–Crippen MR) is 162 cm³/mol. The van der Waals surface area contributed by atoms with Crippen molar-refractivity contribution in [1.82, 2.24) is 10.2 Å². The summed E-state index contributed by atoms with van der Waals surface area (Å²) >= 11 is 6.10. The van der Waals surface area contributed by atoms with Crippen LogP contribution in [0.5, 0.6) is 0 Å². The lowest BCUT2D eigenvalue weighted by atomic mass is 10.0. The molecule has 40 heavy (non-hydrogen) atoms. The summed E-state index contributed by atoms with van der Waals surface area (Å²) in [5, 5.41) is 3.58. The van der Waals surface area contributed by atoms with E-state index in [1.165, 1.54) is 4.90 Å². The fourth-order valence-corrected chi connectivity index (χ4v) is 5.49. The number of carbonyl (C=O) groups excluding carboxylic acids is 2. The second-order valence-corrected chi connectivity index (χ2v) is 12.6. The van der Waals surface area contributed by atoms with Gasteiger partial charge in [0.1, 0.15) is 12.6 Å². The van der Waals surface area contributed by atoms with Gasteiger partial charge < -0.3 is 10.2 Å². The summed E-state index contributed by atoms with van der Waals surface area (Å²) in [6, 6.07) is 21.0. The number of nitrogens with zero attached hydrogens (tertiary/aromatic N) is 2. The van der Waals surface area contributed by atoms with Gasteiger partial charge in [0, 0.05) is 24.0 Å². The van der Waals surface area contributed by atoms with Crippen molar-refractivity contribution >= 4 is 39.1 Å². The van der Waals surface area contributed by atoms with E-state index >= 15 is 0 Å². The van der Waals surface area contributed by atoms with E-state index < -0.39 is 28.5 Å². The molecule has 0 spiro atoms. The van der Waals surface area contributed by atoms with Crippen LogP contribution in [0.2, 0.25) is 5.02 Å². The second-order valence-electron chi connectivity index (χ2n) is 10.2. The Kier molecular flexibility index (Phi) is 10.8. The Morgan fingerprint density at radius 3 is 2.17 bits per heavy atom. The van der Waals surface area contributed by atoms with Crippen LogP contribution in [0.4, 0.5) is 5.69 Å². The van der Waals surface area contributed by atoms with Gasteiger partial charge in [-0.25, -0.2) is 8.42 Å². The van der Waals surface area contributed by atoms with Gasteiger partial charge in [-0.2, -0.15) is 0 Å². The van der Waals surface area contributed by atoms with Crippen LogP contribution in [0.25, 0.3) is 0 Å². The number of sulfonamides is 1. The second kappa shape index (κ2) is 13.8. The highest BCUT2D eigenvalue weighted by Gasteiger charge is 2.33. The van der Waals surface area contributed by atoms with Gasteiger partial charge in [-0.1, -0.05) is 78.7 Å². The summed E-state index contributed by atoms with van der Waals surface area (Å²) in [4.78, 5) is 29.3. The van der Waals surface area contributed by atoms with Crippen LogP contribution in [0, 0.1) is 13.8 Å². The lowest BCUT2D eigenvalue weighted by Crippen LogP contribution is -2.54. The third-order valence-electron chi connectivity index (χ3n) is 6.84. The number of hydrogen-bond donors (Lipinski definition) is 1. The Morgan fingerprint density at radius 2 is 1.60 bits per heavy atom. The average Bonchev–Trinajstić information content (AvgIpc) is 2.90. The molecular formula is C31H38ClN3O4S. The standard InChI is InChI=1S/C31H38ClN3O4S/c1-6-24(4)33-31(37)29(19-25-10-8-7-9-11-25)34(20-26-13-15-27(32)16-14-26)30(36)21-35(40(5,38)39)28-17-12-22(2)18-23(28)3/h7-18,24,29H,6,19-21H2,1-5H3,(H,33,37)/t24-,29+/m0/s1. The molecule has 3 aromatic rings. The normalized spacial score (nSPS) is 12.8. The summed E-state index contributed by atoms with van der Waals surface area (Å²) in [7, 11) is -3.82. The maximum absolute atomic E-state index is 14.1. The lowest BCUT2D eigenvalue weighted by Gasteiger charge is -2.34. The molecule has 7 nitrogen and oxygen atoms in total. The van der Waals surface area contributed by atoms with Crippen molar-refractivity contribution in [2.24, 2.45) is 0 Å². The van der Waals surface area contributed by atoms with Crippen molar-refractivity contribution in [1.29, 1.82) is 0 Å². The fourth-order valence-electron chi connectivity index (χ4n) is 4.46. The molecule has 0 aliphatic rings. The monoisotopic (exact) mass is 583 g/mol. The van der Waals surface area contributed by atoms with E-state index in [1.54, 1.807) is 30.3 Å². The molecule has 0 unspecified atom stereocenters. The summed E-state index contributed by atoms with van der Waals surface area (Å²) in [6.07, 6.45) is 2.08. The van der Waals surface area contributed by atoms with Crippen molar-refractivity contribution in [3.8, 4) is 0 Å². The van der Waals surface area contributed by atoms with Crippen LogP contribution >= 0.6 is 11.6 Å². The Bertz CT molecular complexity index is 1410. The van der Waals surface area contributed by atoms with Crippen LogP contribution in [-0.2, 0) is 32.6 Å². The van der Waals surface area contributed by atoms with E-state index in [-0.39, 0.29) is 24.9 Å². The number of anilines is 1. The smallest absolute Gasteiger partial charge is 0.244 e. The largest absolute Gasteiger partial charge is 0.352 e. The lowest BCUT2D eigenvalue weighted by molar-refractivity contribution is -0.140. The number of rotatable bonds is 12. The maximum Gasteiger partial charge on any atom is 0.244 e. The van der Waals surface area contributed by atoms with E-state index in [0.717, 1.165) is 39.2 Å². The molecule has 0 aliphatic carbocycles. The number of hydrogen-bond acceptors (Lipinski definition) is 4. The molecule has 2 atom stereocenters. The number of carbonyl (C=O) groups is 2. The summed E-state index contributed by atoms with van der Waals surface area (Å²) in [6.45, 7) is 7.28. The first-order valence-electron chi connectivity index (χ1n) is 13.3. The minimum atomic E-state index is -3.82. The van der Waals surface area contributed by atoms with Gasteiger partial charge in [-0.3, -0.25) is 13.9 Å². The molecule has 1 N–H and O–H groups in total. The molecule has 0 saturated heterocycles.